The summed E-state index contributed by atoms with van der Waals surface area (Å²) in [6.07, 6.45) is 6.73. The van der Waals surface area contributed by atoms with Crippen molar-refractivity contribution >= 4 is 17.5 Å². The molecule has 0 unspecified atom stereocenters. The first-order chi connectivity index (χ1) is 18.9. The molecule has 7 heteroatoms. The van der Waals surface area contributed by atoms with Crippen molar-refractivity contribution in [3.05, 3.63) is 59.2 Å². The number of anilines is 1. The number of carbonyl (C=O) groups excluding carboxylic acids is 2. The molecule has 0 bridgehead atoms. The number of ether oxygens (including phenoxy) is 1. The molecule has 2 aromatic rings. The molecule has 2 N–H and O–H groups in total. The zero-order chi connectivity index (χ0) is 27.2. The van der Waals surface area contributed by atoms with Crippen molar-refractivity contribution in [2.75, 3.05) is 44.2 Å². The molecular formula is C32H44N4O3. The van der Waals surface area contributed by atoms with Crippen molar-refractivity contribution in [1.82, 2.24) is 15.5 Å². The van der Waals surface area contributed by atoms with Crippen molar-refractivity contribution in [3.8, 4) is 5.75 Å². The maximum atomic E-state index is 13.5. The number of nitrogens with one attached hydrogen (secondary N) is 2. The van der Waals surface area contributed by atoms with E-state index in [2.05, 4.69) is 52.5 Å². The van der Waals surface area contributed by atoms with Gasteiger partial charge in [-0.2, -0.15) is 0 Å². The van der Waals surface area contributed by atoms with Crippen LogP contribution in [0.25, 0.3) is 0 Å². The standard InChI is InChI=1S/C32H44N4O3/c1-24(2)36-18-7-8-26-22-25(11-12-28(26)36)23-35-19-14-32(15-20-35)13-5-6-16-33-30(37)27-9-3-4-10-29(27)39-21-17-34-31(32)38/h3-4,9-12,22,24H,5-8,13-21,23H2,1-2H3,(H,33,37)(H,34,38). The van der Waals surface area contributed by atoms with E-state index in [1.54, 1.807) is 6.07 Å². The number of likely N-dealkylation sites (tertiary alicyclic amines) is 1. The molecule has 0 radical (unpaired) electrons. The van der Waals surface area contributed by atoms with Gasteiger partial charge in [0, 0.05) is 31.4 Å². The number of carbonyl (C=O) groups is 2. The number of rotatable bonds is 3. The second kappa shape index (κ2) is 12.4. The van der Waals surface area contributed by atoms with E-state index in [0.717, 1.165) is 64.7 Å². The van der Waals surface area contributed by atoms with E-state index >= 15 is 0 Å². The van der Waals surface area contributed by atoms with Gasteiger partial charge in [0.25, 0.3) is 5.91 Å². The van der Waals surface area contributed by atoms with Gasteiger partial charge >= 0.3 is 0 Å². The van der Waals surface area contributed by atoms with E-state index in [4.69, 9.17) is 4.74 Å². The highest BCUT2D eigenvalue weighted by Crippen LogP contribution is 2.38. The molecule has 0 atom stereocenters. The summed E-state index contributed by atoms with van der Waals surface area (Å²) in [5.41, 5.74) is 4.44. The minimum Gasteiger partial charge on any atom is -0.491 e. The molecule has 1 spiro atoms. The third-order valence-corrected chi connectivity index (χ3v) is 8.77. The Labute approximate surface area is 233 Å². The Bertz CT molecular complexity index is 1160. The number of amides is 2. The van der Waals surface area contributed by atoms with Gasteiger partial charge in [-0.1, -0.05) is 30.7 Å². The Morgan fingerprint density at radius 1 is 0.923 bits per heavy atom. The monoisotopic (exact) mass is 532 g/mol. The van der Waals surface area contributed by atoms with Crippen molar-refractivity contribution in [1.29, 1.82) is 0 Å². The molecule has 1 fully saturated rings. The Morgan fingerprint density at radius 2 is 1.74 bits per heavy atom. The lowest BCUT2D eigenvalue weighted by atomic mass is 9.73. The molecule has 210 valence electrons. The van der Waals surface area contributed by atoms with Gasteiger partial charge in [-0.15, -0.1) is 0 Å². The van der Waals surface area contributed by atoms with Crippen LogP contribution in [0.1, 0.15) is 73.9 Å². The second-order valence-electron chi connectivity index (χ2n) is 11.7. The average Bonchev–Trinajstić information content (AvgIpc) is 2.95. The largest absolute Gasteiger partial charge is 0.491 e. The Morgan fingerprint density at radius 3 is 2.56 bits per heavy atom. The molecule has 0 aliphatic carbocycles. The van der Waals surface area contributed by atoms with Crippen LogP contribution < -0.4 is 20.3 Å². The highest BCUT2D eigenvalue weighted by atomic mass is 16.5. The maximum absolute atomic E-state index is 13.5. The third-order valence-electron chi connectivity index (χ3n) is 8.77. The molecule has 3 aliphatic rings. The minimum absolute atomic E-state index is 0.103. The normalized spacial score (nSPS) is 20.8. The van der Waals surface area contributed by atoms with E-state index in [-0.39, 0.29) is 17.2 Å². The van der Waals surface area contributed by atoms with Crippen LogP contribution in [0.2, 0.25) is 0 Å². The van der Waals surface area contributed by atoms with E-state index in [1.165, 1.54) is 23.2 Å². The topological polar surface area (TPSA) is 73.9 Å². The quantitative estimate of drug-likeness (QED) is 0.607. The van der Waals surface area contributed by atoms with Gasteiger partial charge in [0.2, 0.25) is 5.91 Å². The Hall–Kier alpha value is -3.06. The first-order valence-electron chi connectivity index (χ1n) is 14.8. The average molecular weight is 533 g/mol. The lowest BCUT2D eigenvalue weighted by molar-refractivity contribution is -0.134. The van der Waals surface area contributed by atoms with E-state index in [0.29, 0.717) is 37.1 Å². The summed E-state index contributed by atoms with van der Waals surface area (Å²) in [4.78, 5) is 31.2. The van der Waals surface area contributed by atoms with Gasteiger partial charge in [-0.05, 0) is 94.8 Å². The van der Waals surface area contributed by atoms with Crippen LogP contribution >= 0.6 is 0 Å². The minimum atomic E-state index is -0.351. The number of hydrogen-bond acceptors (Lipinski definition) is 5. The Kier molecular flexibility index (Phi) is 8.75. The van der Waals surface area contributed by atoms with Crippen LogP contribution in [0, 0.1) is 5.41 Å². The fourth-order valence-electron chi connectivity index (χ4n) is 6.48. The summed E-state index contributed by atoms with van der Waals surface area (Å²) in [6, 6.07) is 14.8. The number of piperidine rings is 1. The second-order valence-corrected chi connectivity index (χ2v) is 11.7. The van der Waals surface area contributed by atoms with Crippen molar-refractivity contribution in [2.24, 2.45) is 5.41 Å². The molecule has 3 heterocycles. The van der Waals surface area contributed by atoms with Crippen molar-refractivity contribution < 1.29 is 14.3 Å². The molecule has 2 amide bonds. The highest BCUT2D eigenvalue weighted by Gasteiger charge is 2.40. The van der Waals surface area contributed by atoms with Crippen LogP contribution in [0.4, 0.5) is 5.69 Å². The molecule has 0 aromatic heterocycles. The first kappa shape index (κ1) is 27.5. The number of fused-ring (bicyclic) bond motifs is 2. The predicted octanol–water partition coefficient (Wildman–Crippen LogP) is 4.54. The molecule has 7 nitrogen and oxygen atoms in total. The smallest absolute Gasteiger partial charge is 0.255 e. The predicted molar refractivity (Wildman–Crippen MR) is 155 cm³/mol. The molecule has 1 saturated heterocycles. The van der Waals surface area contributed by atoms with Crippen molar-refractivity contribution in [2.45, 2.75) is 71.4 Å². The van der Waals surface area contributed by atoms with Gasteiger partial charge in [0.15, 0.2) is 0 Å². The summed E-state index contributed by atoms with van der Waals surface area (Å²) in [5, 5.41) is 6.19. The molecule has 3 aliphatic heterocycles. The molecular weight excluding hydrogens is 488 g/mol. The van der Waals surface area contributed by atoms with Gasteiger partial charge < -0.3 is 20.3 Å². The highest BCUT2D eigenvalue weighted by molar-refractivity contribution is 5.96. The Balaban J connectivity index is 1.20. The number of benzene rings is 2. The fourth-order valence-corrected chi connectivity index (χ4v) is 6.48. The van der Waals surface area contributed by atoms with E-state index in [9.17, 15) is 9.59 Å². The number of aryl methyl sites for hydroxylation is 1. The summed E-state index contributed by atoms with van der Waals surface area (Å²) in [5.74, 6) is 0.611. The maximum Gasteiger partial charge on any atom is 0.255 e. The van der Waals surface area contributed by atoms with Gasteiger partial charge in [0.05, 0.1) is 17.5 Å². The summed E-state index contributed by atoms with van der Waals surface area (Å²) >= 11 is 0. The van der Waals surface area contributed by atoms with E-state index < -0.39 is 0 Å². The number of hydrogen-bond donors (Lipinski definition) is 2. The summed E-state index contributed by atoms with van der Waals surface area (Å²) in [7, 11) is 0. The molecule has 2 aromatic carbocycles. The SMILES string of the molecule is CC(C)N1CCCc2cc(CN3CCC4(CCCCNC(=O)c5ccccc5OCCNC4=O)CC3)ccc21. The summed E-state index contributed by atoms with van der Waals surface area (Å²) in [6.45, 7) is 9.84. The molecule has 39 heavy (non-hydrogen) atoms. The molecule has 5 rings (SSSR count). The van der Waals surface area contributed by atoms with Crippen LogP contribution in [0.3, 0.4) is 0 Å². The lowest BCUT2D eigenvalue weighted by Crippen LogP contribution is -2.49. The van der Waals surface area contributed by atoms with Gasteiger partial charge in [-0.3, -0.25) is 14.5 Å². The fraction of sp³-hybridized carbons (Fsp3) is 0.562. The van der Waals surface area contributed by atoms with Crippen molar-refractivity contribution in [3.63, 3.8) is 0 Å². The van der Waals surface area contributed by atoms with Gasteiger partial charge in [0.1, 0.15) is 12.4 Å². The number of nitrogens with zero attached hydrogens (tertiary/aromatic N) is 2. The number of para-hydroxylation sites is 1. The van der Waals surface area contributed by atoms with Crippen LogP contribution in [-0.4, -0.2) is 62.1 Å². The van der Waals surface area contributed by atoms with Crippen LogP contribution in [0.15, 0.2) is 42.5 Å². The zero-order valence-corrected chi connectivity index (χ0v) is 23.6. The third kappa shape index (κ3) is 6.40. The van der Waals surface area contributed by atoms with E-state index in [1.807, 2.05) is 18.2 Å². The first-order valence-corrected chi connectivity index (χ1v) is 14.8. The lowest BCUT2D eigenvalue weighted by Gasteiger charge is -2.41. The van der Waals surface area contributed by atoms with Crippen LogP contribution in [-0.2, 0) is 17.8 Å². The van der Waals surface area contributed by atoms with Gasteiger partial charge in [-0.25, -0.2) is 0 Å². The molecule has 0 saturated carbocycles. The summed E-state index contributed by atoms with van der Waals surface area (Å²) < 4.78 is 5.88. The van der Waals surface area contributed by atoms with Crippen LogP contribution in [0.5, 0.6) is 5.75 Å². The zero-order valence-electron chi connectivity index (χ0n) is 23.6.